The van der Waals surface area contributed by atoms with E-state index in [0.29, 0.717) is 0 Å². The SMILES string of the molecule is CCCc1nc(Br)cc(N(C)CC2CCN(C)CC2)n1. The van der Waals surface area contributed by atoms with E-state index in [9.17, 15) is 0 Å². The molecule has 5 heteroatoms. The molecular formula is C15H25BrN4. The van der Waals surface area contributed by atoms with E-state index in [1.807, 2.05) is 6.07 Å². The van der Waals surface area contributed by atoms with Crippen LogP contribution >= 0.6 is 15.9 Å². The van der Waals surface area contributed by atoms with E-state index in [2.05, 4.69) is 56.7 Å². The average molecular weight is 341 g/mol. The second kappa shape index (κ2) is 7.36. The first kappa shape index (κ1) is 15.7. The van der Waals surface area contributed by atoms with Crippen molar-refractivity contribution in [1.82, 2.24) is 14.9 Å². The fourth-order valence-electron chi connectivity index (χ4n) is 2.71. The third-order valence-electron chi connectivity index (χ3n) is 3.96. The molecule has 0 radical (unpaired) electrons. The van der Waals surface area contributed by atoms with Crippen LogP contribution in [0.4, 0.5) is 5.82 Å². The van der Waals surface area contributed by atoms with E-state index in [0.717, 1.165) is 41.5 Å². The minimum Gasteiger partial charge on any atom is -0.359 e. The van der Waals surface area contributed by atoms with Crippen LogP contribution in [0.3, 0.4) is 0 Å². The zero-order chi connectivity index (χ0) is 14.5. The van der Waals surface area contributed by atoms with Crippen LogP contribution in [-0.2, 0) is 6.42 Å². The van der Waals surface area contributed by atoms with Crippen LogP contribution in [0.5, 0.6) is 0 Å². The predicted octanol–water partition coefficient (Wildman–Crippen LogP) is 2.97. The molecule has 1 aromatic heterocycles. The van der Waals surface area contributed by atoms with Crippen molar-refractivity contribution in [3.05, 3.63) is 16.5 Å². The van der Waals surface area contributed by atoms with E-state index >= 15 is 0 Å². The van der Waals surface area contributed by atoms with Gasteiger partial charge in [-0.25, -0.2) is 9.97 Å². The zero-order valence-corrected chi connectivity index (χ0v) is 14.4. The van der Waals surface area contributed by atoms with Gasteiger partial charge in [0, 0.05) is 26.1 Å². The second-order valence-electron chi connectivity index (χ2n) is 5.84. The number of aromatic nitrogens is 2. The van der Waals surface area contributed by atoms with Gasteiger partial charge in [-0.05, 0) is 61.2 Å². The second-order valence-corrected chi connectivity index (χ2v) is 6.65. The predicted molar refractivity (Wildman–Crippen MR) is 87.2 cm³/mol. The van der Waals surface area contributed by atoms with Crippen molar-refractivity contribution in [2.75, 3.05) is 38.6 Å². The molecule has 2 rings (SSSR count). The highest BCUT2D eigenvalue weighted by Crippen LogP contribution is 2.21. The molecule has 0 aliphatic carbocycles. The van der Waals surface area contributed by atoms with Crippen molar-refractivity contribution in [3.8, 4) is 0 Å². The summed E-state index contributed by atoms with van der Waals surface area (Å²) in [5.74, 6) is 2.75. The summed E-state index contributed by atoms with van der Waals surface area (Å²) in [5, 5.41) is 0. The summed E-state index contributed by atoms with van der Waals surface area (Å²) in [6, 6.07) is 2.02. The van der Waals surface area contributed by atoms with Crippen LogP contribution in [0.2, 0.25) is 0 Å². The molecule has 0 unspecified atom stereocenters. The fraction of sp³-hybridized carbons (Fsp3) is 0.733. The molecule has 0 spiro atoms. The molecule has 1 fully saturated rings. The molecule has 0 saturated carbocycles. The van der Waals surface area contributed by atoms with Gasteiger partial charge in [-0.1, -0.05) is 6.92 Å². The van der Waals surface area contributed by atoms with Crippen molar-refractivity contribution < 1.29 is 0 Å². The third-order valence-corrected chi connectivity index (χ3v) is 4.37. The summed E-state index contributed by atoms with van der Waals surface area (Å²) >= 11 is 3.50. The van der Waals surface area contributed by atoms with Crippen LogP contribution in [0.1, 0.15) is 32.0 Å². The molecule has 20 heavy (non-hydrogen) atoms. The van der Waals surface area contributed by atoms with Gasteiger partial charge in [0.25, 0.3) is 0 Å². The van der Waals surface area contributed by atoms with Gasteiger partial charge < -0.3 is 9.80 Å². The van der Waals surface area contributed by atoms with Gasteiger partial charge in [0.2, 0.25) is 0 Å². The van der Waals surface area contributed by atoms with Crippen molar-refractivity contribution >= 4 is 21.7 Å². The summed E-state index contributed by atoms with van der Waals surface area (Å²) in [4.78, 5) is 13.8. The maximum Gasteiger partial charge on any atom is 0.133 e. The first-order valence-electron chi connectivity index (χ1n) is 7.51. The molecule has 0 atom stereocenters. The maximum absolute atomic E-state index is 4.68. The first-order chi connectivity index (χ1) is 9.58. The van der Waals surface area contributed by atoms with Crippen LogP contribution in [0, 0.1) is 5.92 Å². The lowest BCUT2D eigenvalue weighted by Crippen LogP contribution is -2.36. The Morgan fingerprint density at radius 3 is 2.70 bits per heavy atom. The third kappa shape index (κ3) is 4.42. The highest BCUT2D eigenvalue weighted by Gasteiger charge is 2.19. The van der Waals surface area contributed by atoms with Gasteiger partial charge in [-0.15, -0.1) is 0 Å². The van der Waals surface area contributed by atoms with Crippen LogP contribution in [0.25, 0.3) is 0 Å². The Morgan fingerprint density at radius 1 is 1.35 bits per heavy atom. The summed E-state index contributed by atoms with van der Waals surface area (Å²) < 4.78 is 0.890. The minimum atomic E-state index is 0.777. The molecule has 4 nitrogen and oxygen atoms in total. The maximum atomic E-state index is 4.68. The number of nitrogens with zero attached hydrogens (tertiary/aromatic N) is 4. The number of hydrogen-bond acceptors (Lipinski definition) is 4. The van der Waals surface area contributed by atoms with Gasteiger partial charge in [-0.2, -0.15) is 0 Å². The summed E-state index contributed by atoms with van der Waals surface area (Å²) in [6.45, 7) is 5.68. The van der Waals surface area contributed by atoms with Gasteiger partial charge in [0.1, 0.15) is 16.2 Å². The summed E-state index contributed by atoms with van der Waals surface area (Å²) in [5.41, 5.74) is 0. The van der Waals surface area contributed by atoms with Gasteiger partial charge in [0.15, 0.2) is 0 Å². The number of anilines is 1. The number of aryl methyl sites for hydroxylation is 1. The molecule has 2 heterocycles. The summed E-state index contributed by atoms with van der Waals surface area (Å²) in [7, 11) is 4.35. The Morgan fingerprint density at radius 2 is 2.05 bits per heavy atom. The highest BCUT2D eigenvalue weighted by atomic mass is 79.9. The topological polar surface area (TPSA) is 32.3 Å². The smallest absolute Gasteiger partial charge is 0.133 e. The standard InChI is InChI=1S/C15H25BrN4/c1-4-5-14-17-13(16)10-15(18-14)20(3)11-12-6-8-19(2)9-7-12/h10,12H,4-9,11H2,1-3H3. The Balaban J connectivity index is 1.99. The molecule has 0 N–H and O–H groups in total. The Hall–Kier alpha value is -0.680. The number of halogens is 1. The Labute approximate surface area is 130 Å². The van der Waals surface area contributed by atoms with Crippen LogP contribution in [0.15, 0.2) is 10.7 Å². The lowest BCUT2D eigenvalue weighted by Gasteiger charge is -2.32. The zero-order valence-electron chi connectivity index (χ0n) is 12.8. The van der Waals surface area contributed by atoms with E-state index in [1.165, 1.54) is 25.9 Å². The molecule has 0 aromatic carbocycles. The lowest BCUT2D eigenvalue weighted by molar-refractivity contribution is 0.222. The largest absolute Gasteiger partial charge is 0.359 e. The number of hydrogen-bond donors (Lipinski definition) is 0. The van der Waals surface area contributed by atoms with Gasteiger partial charge >= 0.3 is 0 Å². The molecule has 0 bridgehead atoms. The highest BCUT2D eigenvalue weighted by molar-refractivity contribution is 9.10. The molecule has 1 aromatic rings. The lowest BCUT2D eigenvalue weighted by atomic mass is 9.97. The van der Waals surface area contributed by atoms with E-state index in [1.54, 1.807) is 0 Å². The molecule has 0 amide bonds. The van der Waals surface area contributed by atoms with Gasteiger partial charge in [0.05, 0.1) is 0 Å². The molecule has 1 aliphatic rings. The number of likely N-dealkylation sites (tertiary alicyclic amines) is 1. The van der Waals surface area contributed by atoms with Crippen LogP contribution in [-0.4, -0.2) is 48.6 Å². The van der Waals surface area contributed by atoms with E-state index in [-0.39, 0.29) is 0 Å². The molecule has 112 valence electrons. The van der Waals surface area contributed by atoms with Gasteiger partial charge in [-0.3, -0.25) is 0 Å². The van der Waals surface area contributed by atoms with Crippen molar-refractivity contribution in [2.24, 2.45) is 5.92 Å². The minimum absolute atomic E-state index is 0.777. The molecule has 1 aliphatic heterocycles. The Bertz CT molecular complexity index is 430. The van der Waals surface area contributed by atoms with Crippen molar-refractivity contribution in [1.29, 1.82) is 0 Å². The van der Waals surface area contributed by atoms with Crippen molar-refractivity contribution in [3.63, 3.8) is 0 Å². The molecule has 1 saturated heterocycles. The molecular weight excluding hydrogens is 316 g/mol. The van der Waals surface area contributed by atoms with Crippen molar-refractivity contribution in [2.45, 2.75) is 32.6 Å². The summed E-state index contributed by atoms with van der Waals surface area (Å²) in [6.07, 6.45) is 4.59. The number of piperidine rings is 1. The quantitative estimate of drug-likeness (QED) is 0.771. The fourth-order valence-corrected chi connectivity index (χ4v) is 3.12. The first-order valence-corrected chi connectivity index (χ1v) is 8.31. The normalized spacial score (nSPS) is 17.4. The monoisotopic (exact) mass is 340 g/mol. The number of rotatable bonds is 5. The van der Waals surface area contributed by atoms with E-state index in [4.69, 9.17) is 0 Å². The average Bonchev–Trinajstić information content (AvgIpc) is 2.41. The van der Waals surface area contributed by atoms with Crippen LogP contribution < -0.4 is 4.90 Å². The van der Waals surface area contributed by atoms with E-state index < -0.39 is 0 Å². The Kier molecular flexibility index (Phi) is 5.78.